The van der Waals surface area contributed by atoms with Crippen LogP contribution in [0.5, 0.6) is 0 Å². The first kappa shape index (κ1) is 33.6. The Morgan fingerprint density at radius 3 is 1.80 bits per heavy atom. The highest BCUT2D eigenvalue weighted by Crippen LogP contribution is 2.55. The standard InChI is InChI=1S/C55H38N4/c1-55(2)44-27-15-12-25-40(44)52-45(55)33-42(37-30-31-49-43(32-37)39-24-13-16-28-47(39)58(49)38-22-10-5-11-23-38)51-41-26-14-17-29-48(41)59(53(51)52)50-34-46(35-18-6-3-7-19-35)56-54(57-50)36-20-8-4-9-21-36/h3-34H,1-2H3. The molecule has 3 aromatic heterocycles. The normalized spacial score (nSPS) is 13.1. The first-order chi connectivity index (χ1) is 29.0. The van der Waals surface area contributed by atoms with Gasteiger partial charge in [-0.05, 0) is 70.3 Å². The first-order valence-corrected chi connectivity index (χ1v) is 20.3. The Labute approximate surface area is 342 Å². The molecule has 1 aliphatic carbocycles. The molecule has 0 aliphatic heterocycles. The van der Waals surface area contributed by atoms with E-state index >= 15 is 0 Å². The molecule has 4 heteroatoms. The molecule has 0 fully saturated rings. The summed E-state index contributed by atoms with van der Waals surface area (Å²) >= 11 is 0. The van der Waals surface area contributed by atoms with E-state index in [2.05, 4.69) is 211 Å². The van der Waals surface area contributed by atoms with Crippen molar-refractivity contribution < 1.29 is 0 Å². The highest BCUT2D eigenvalue weighted by Gasteiger charge is 2.39. The number of benzene rings is 8. The molecule has 4 nitrogen and oxygen atoms in total. The van der Waals surface area contributed by atoms with E-state index in [4.69, 9.17) is 9.97 Å². The van der Waals surface area contributed by atoms with Gasteiger partial charge in [0.25, 0.3) is 0 Å². The molecule has 0 amide bonds. The lowest BCUT2D eigenvalue weighted by Crippen LogP contribution is -2.15. The van der Waals surface area contributed by atoms with E-state index in [1.165, 1.54) is 71.5 Å². The van der Waals surface area contributed by atoms with Gasteiger partial charge in [0.15, 0.2) is 5.82 Å². The van der Waals surface area contributed by atoms with Crippen LogP contribution in [0.15, 0.2) is 194 Å². The smallest absolute Gasteiger partial charge is 0.162 e. The zero-order chi connectivity index (χ0) is 39.2. The fraction of sp³-hybridized carbons (Fsp3) is 0.0545. The molecule has 59 heavy (non-hydrogen) atoms. The summed E-state index contributed by atoms with van der Waals surface area (Å²) in [4.78, 5) is 10.6. The van der Waals surface area contributed by atoms with Gasteiger partial charge in [-0.1, -0.05) is 159 Å². The van der Waals surface area contributed by atoms with Crippen molar-refractivity contribution in [1.82, 2.24) is 19.1 Å². The summed E-state index contributed by atoms with van der Waals surface area (Å²) < 4.78 is 4.81. The predicted molar refractivity (Wildman–Crippen MR) is 245 cm³/mol. The minimum absolute atomic E-state index is 0.236. The number of aromatic nitrogens is 4. The molecule has 11 aromatic rings. The van der Waals surface area contributed by atoms with Crippen LogP contribution in [0.1, 0.15) is 25.0 Å². The maximum absolute atomic E-state index is 5.45. The Morgan fingerprint density at radius 2 is 1.03 bits per heavy atom. The van der Waals surface area contributed by atoms with Crippen LogP contribution in [-0.2, 0) is 5.41 Å². The molecule has 0 atom stereocenters. The lowest BCUT2D eigenvalue weighted by Gasteiger charge is -2.23. The number of nitrogens with zero attached hydrogens (tertiary/aromatic N) is 4. The number of rotatable bonds is 5. The average Bonchev–Trinajstić information content (AvgIpc) is 3.90. The van der Waals surface area contributed by atoms with Crippen molar-refractivity contribution in [2.45, 2.75) is 19.3 Å². The van der Waals surface area contributed by atoms with E-state index in [0.29, 0.717) is 5.82 Å². The van der Waals surface area contributed by atoms with Crippen molar-refractivity contribution in [2.75, 3.05) is 0 Å². The molecule has 8 aromatic carbocycles. The van der Waals surface area contributed by atoms with Crippen molar-refractivity contribution in [3.63, 3.8) is 0 Å². The molecule has 0 radical (unpaired) electrons. The Kier molecular flexibility index (Phi) is 7.24. The zero-order valence-electron chi connectivity index (χ0n) is 32.8. The molecular weight excluding hydrogens is 717 g/mol. The number of fused-ring (bicyclic) bond motifs is 10. The highest BCUT2D eigenvalue weighted by molar-refractivity contribution is 6.22. The fourth-order valence-corrected chi connectivity index (χ4v) is 9.81. The molecule has 12 rings (SSSR count). The summed E-state index contributed by atoms with van der Waals surface area (Å²) in [6, 6.07) is 69.9. The summed E-state index contributed by atoms with van der Waals surface area (Å²) in [5.41, 5.74) is 16.1. The second-order valence-corrected chi connectivity index (χ2v) is 16.2. The molecule has 0 unspecified atom stereocenters. The quantitative estimate of drug-likeness (QED) is 0.175. The van der Waals surface area contributed by atoms with Gasteiger partial charge in [0.1, 0.15) is 5.82 Å². The Balaban J connectivity index is 1.22. The van der Waals surface area contributed by atoms with Crippen LogP contribution >= 0.6 is 0 Å². The zero-order valence-corrected chi connectivity index (χ0v) is 32.8. The Morgan fingerprint density at radius 1 is 0.424 bits per heavy atom. The van der Waals surface area contributed by atoms with Crippen molar-refractivity contribution in [2.24, 2.45) is 0 Å². The highest BCUT2D eigenvalue weighted by atomic mass is 15.1. The van der Waals surface area contributed by atoms with Crippen molar-refractivity contribution in [3.8, 4) is 56.4 Å². The molecule has 0 saturated carbocycles. The molecular formula is C55H38N4. The summed E-state index contributed by atoms with van der Waals surface area (Å²) in [5, 5.41) is 4.89. The lowest BCUT2D eigenvalue weighted by molar-refractivity contribution is 0.661. The Hall–Kier alpha value is -7.56. The van der Waals surface area contributed by atoms with Gasteiger partial charge < -0.3 is 4.57 Å². The van der Waals surface area contributed by atoms with Crippen molar-refractivity contribution in [1.29, 1.82) is 0 Å². The third-order valence-corrected chi connectivity index (χ3v) is 12.5. The fourth-order valence-electron chi connectivity index (χ4n) is 9.81. The molecule has 0 saturated heterocycles. The van der Waals surface area contributed by atoms with Crippen LogP contribution < -0.4 is 0 Å². The van der Waals surface area contributed by atoms with Gasteiger partial charge in [0.05, 0.1) is 27.8 Å². The molecule has 1 aliphatic rings. The lowest BCUT2D eigenvalue weighted by atomic mass is 9.81. The molecule has 0 spiro atoms. The molecule has 278 valence electrons. The first-order valence-electron chi connectivity index (χ1n) is 20.3. The number of hydrogen-bond acceptors (Lipinski definition) is 2. The summed E-state index contributed by atoms with van der Waals surface area (Å²) in [5.74, 6) is 1.54. The predicted octanol–water partition coefficient (Wildman–Crippen LogP) is 14.0. The van der Waals surface area contributed by atoms with E-state index in [-0.39, 0.29) is 5.41 Å². The minimum atomic E-state index is -0.236. The van der Waals surface area contributed by atoms with Crippen LogP contribution in [0, 0.1) is 0 Å². The third kappa shape index (κ3) is 4.96. The van der Waals surface area contributed by atoms with Crippen LogP contribution in [0.2, 0.25) is 0 Å². The van der Waals surface area contributed by atoms with Crippen molar-refractivity contribution >= 4 is 43.6 Å². The van der Waals surface area contributed by atoms with E-state index in [9.17, 15) is 0 Å². The van der Waals surface area contributed by atoms with E-state index in [0.717, 1.165) is 33.8 Å². The monoisotopic (exact) mass is 754 g/mol. The molecule has 0 N–H and O–H groups in total. The van der Waals surface area contributed by atoms with Crippen molar-refractivity contribution in [3.05, 3.63) is 205 Å². The molecule has 3 heterocycles. The summed E-state index contributed by atoms with van der Waals surface area (Å²) in [7, 11) is 0. The number of hydrogen-bond donors (Lipinski definition) is 0. The van der Waals surface area contributed by atoms with Gasteiger partial charge in [-0.3, -0.25) is 4.57 Å². The largest absolute Gasteiger partial charge is 0.309 e. The molecule has 0 bridgehead atoms. The second-order valence-electron chi connectivity index (χ2n) is 16.2. The topological polar surface area (TPSA) is 35.6 Å². The van der Waals surface area contributed by atoms with E-state index < -0.39 is 0 Å². The average molecular weight is 755 g/mol. The second kappa shape index (κ2) is 12.7. The van der Waals surface area contributed by atoms with Gasteiger partial charge in [-0.25, -0.2) is 9.97 Å². The van der Waals surface area contributed by atoms with Gasteiger partial charge in [0.2, 0.25) is 0 Å². The number of para-hydroxylation sites is 3. The Bertz CT molecular complexity index is 3390. The van der Waals surface area contributed by atoms with E-state index in [1.807, 2.05) is 6.07 Å². The maximum atomic E-state index is 5.45. The minimum Gasteiger partial charge on any atom is -0.309 e. The van der Waals surface area contributed by atoms with Crippen LogP contribution in [0.25, 0.3) is 100 Å². The summed E-state index contributed by atoms with van der Waals surface area (Å²) in [6.45, 7) is 4.76. The maximum Gasteiger partial charge on any atom is 0.162 e. The van der Waals surface area contributed by atoms with Crippen LogP contribution in [0.3, 0.4) is 0 Å². The third-order valence-electron chi connectivity index (χ3n) is 12.5. The van der Waals surface area contributed by atoms with Gasteiger partial charge in [-0.2, -0.15) is 0 Å². The van der Waals surface area contributed by atoms with Gasteiger partial charge in [0, 0.05) is 55.4 Å². The van der Waals surface area contributed by atoms with Crippen LogP contribution in [0.4, 0.5) is 0 Å². The van der Waals surface area contributed by atoms with Gasteiger partial charge in [-0.15, -0.1) is 0 Å². The van der Waals surface area contributed by atoms with E-state index in [1.54, 1.807) is 0 Å². The van der Waals surface area contributed by atoms with Gasteiger partial charge >= 0.3 is 0 Å². The summed E-state index contributed by atoms with van der Waals surface area (Å²) in [6.07, 6.45) is 0. The van der Waals surface area contributed by atoms with Crippen LogP contribution in [-0.4, -0.2) is 19.1 Å². The SMILES string of the molecule is CC1(C)c2ccccc2-c2c1cc(-c1ccc3c(c1)c1ccccc1n3-c1ccccc1)c1c3ccccc3n(-c3cc(-c4ccccc4)nc(-c4ccccc4)n3)c21.